The minimum Gasteiger partial charge on any atom is -0.484 e. The maximum Gasteiger partial charge on any atom is 0.237 e. The molecule has 0 bridgehead atoms. The number of thioether (sulfide) groups is 1. The fraction of sp³-hybridized carbons (Fsp3) is 0.238. The molecule has 0 atom stereocenters. The summed E-state index contributed by atoms with van der Waals surface area (Å²) in [5.74, 6) is 2.92. The highest BCUT2D eigenvalue weighted by Gasteiger charge is 2.14. The molecule has 0 radical (unpaired) electrons. The third-order valence-electron chi connectivity index (χ3n) is 4.53. The van der Waals surface area contributed by atoms with Crippen LogP contribution in [0.2, 0.25) is 5.02 Å². The third-order valence-corrected chi connectivity index (χ3v) is 5.85. The van der Waals surface area contributed by atoms with Crippen molar-refractivity contribution in [2.75, 3.05) is 0 Å². The largest absolute Gasteiger partial charge is 0.484 e. The first kappa shape index (κ1) is 20.4. The van der Waals surface area contributed by atoms with Crippen LogP contribution in [0.3, 0.4) is 0 Å². The molecular weight excluding hydrogens is 422 g/mol. The number of para-hydroxylation sites is 1. The van der Waals surface area contributed by atoms with Gasteiger partial charge in [-0.25, -0.2) is 0 Å². The number of benzene rings is 2. The third kappa shape index (κ3) is 4.66. The molecule has 0 saturated carbocycles. The quantitative estimate of drug-likeness (QED) is 0.358. The molecule has 0 aliphatic heterocycles. The zero-order valence-corrected chi connectivity index (χ0v) is 18.2. The van der Waals surface area contributed by atoms with E-state index in [1.54, 1.807) is 6.07 Å². The smallest absolute Gasteiger partial charge is 0.237 e. The summed E-state index contributed by atoms with van der Waals surface area (Å²) >= 11 is 7.59. The Hall–Kier alpha value is -2.84. The first-order valence-electron chi connectivity index (χ1n) is 9.44. The van der Waals surface area contributed by atoms with E-state index in [1.165, 1.54) is 17.3 Å². The predicted octanol–water partition coefficient (Wildman–Crippen LogP) is 4.95. The van der Waals surface area contributed by atoms with Gasteiger partial charge in [0.15, 0.2) is 11.0 Å². The molecule has 0 aliphatic rings. The highest BCUT2D eigenvalue weighted by atomic mass is 35.5. The zero-order chi connectivity index (χ0) is 20.9. The van der Waals surface area contributed by atoms with E-state index >= 15 is 0 Å². The lowest BCUT2D eigenvalue weighted by atomic mass is 10.1. The molecule has 2 heterocycles. The molecule has 0 N–H and O–H groups in total. The predicted molar refractivity (Wildman–Crippen MR) is 115 cm³/mol. The molecule has 9 heteroatoms. The van der Waals surface area contributed by atoms with Gasteiger partial charge in [-0.05, 0) is 24.1 Å². The van der Waals surface area contributed by atoms with E-state index < -0.39 is 0 Å². The molecule has 0 amide bonds. The van der Waals surface area contributed by atoms with E-state index in [0.29, 0.717) is 34.1 Å². The Morgan fingerprint density at radius 3 is 2.67 bits per heavy atom. The molecular formula is C21H20ClN5O2S. The van der Waals surface area contributed by atoms with Crippen LogP contribution in [-0.2, 0) is 25.8 Å². The van der Waals surface area contributed by atoms with Gasteiger partial charge in [-0.2, -0.15) is 4.98 Å². The molecule has 4 aromatic rings. The van der Waals surface area contributed by atoms with Crippen molar-refractivity contribution in [1.29, 1.82) is 0 Å². The standard InChI is InChI=1S/C21H20ClN5O2S/c1-3-14-8-10-15(11-9-14)20-23-19(29-26-20)13-30-21-25-24-18(27(21)2)12-28-17-7-5-4-6-16(17)22/h4-11H,3,12-13H2,1-2H3. The van der Waals surface area contributed by atoms with Gasteiger partial charge in [0.1, 0.15) is 12.4 Å². The number of hydrogen-bond acceptors (Lipinski definition) is 7. The summed E-state index contributed by atoms with van der Waals surface area (Å²) < 4.78 is 13.0. The molecule has 0 fully saturated rings. The first-order valence-corrected chi connectivity index (χ1v) is 10.8. The summed E-state index contributed by atoms with van der Waals surface area (Å²) in [6, 6.07) is 15.5. The zero-order valence-electron chi connectivity index (χ0n) is 16.6. The van der Waals surface area contributed by atoms with Crippen molar-refractivity contribution < 1.29 is 9.26 Å². The molecule has 154 valence electrons. The summed E-state index contributed by atoms with van der Waals surface area (Å²) in [6.07, 6.45) is 0.998. The summed E-state index contributed by atoms with van der Waals surface area (Å²) in [5, 5.41) is 13.8. The van der Waals surface area contributed by atoms with Crippen LogP contribution in [0.4, 0.5) is 0 Å². The van der Waals surface area contributed by atoms with Crippen LogP contribution >= 0.6 is 23.4 Å². The van der Waals surface area contributed by atoms with Gasteiger partial charge < -0.3 is 13.8 Å². The van der Waals surface area contributed by atoms with Gasteiger partial charge in [0.2, 0.25) is 11.7 Å². The summed E-state index contributed by atoms with van der Waals surface area (Å²) in [4.78, 5) is 4.48. The van der Waals surface area contributed by atoms with Crippen LogP contribution in [0.15, 0.2) is 58.2 Å². The fourth-order valence-corrected chi connectivity index (χ4v) is 3.70. The minimum absolute atomic E-state index is 0.270. The number of aryl methyl sites for hydroxylation is 1. The number of nitrogens with zero attached hydrogens (tertiary/aromatic N) is 5. The van der Waals surface area contributed by atoms with Crippen molar-refractivity contribution >= 4 is 23.4 Å². The highest BCUT2D eigenvalue weighted by Crippen LogP contribution is 2.25. The number of ether oxygens (including phenoxy) is 1. The maximum atomic E-state index is 6.12. The molecule has 2 aromatic carbocycles. The molecule has 4 rings (SSSR count). The van der Waals surface area contributed by atoms with Crippen LogP contribution in [-0.4, -0.2) is 24.9 Å². The van der Waals surface area contributed by atoms with Crippen molar-refractivity contribution in [1.82, 2.24) is 24.9 Å². The molecule has 30 heavy (non-hydrogen) atoms. The SMILES string of the molecule is CCc1ccc(-c2noc(CSc3nnc(COc4ccccc4Cl)n3C)n2)cc1. The van der Waals surface area contributed by atoms with Gasteiger partial charge in [-0.15, -0.1) is 10.2 Å². The number of hydrogen-bond donors (Lipinski definition) is 0. The van der Waals surface area contributed by atoms with E-state index in [1.807, 2.05) is 41.9 Å². The van der Waals surface area contributed by atoms with Gasteiger partial charge in [0.05, 0.1) is 10.8 Å². The summed E-state index contributed by atoms with van der Waals surface area (Å²) in [5.41, 5.74) is 2.21. The van der Waals surface area contributed by atoms with Gasteiger partial charge in [-0.1, -0.05) is 71.8 Å². The fourth-order valence-electron chi connectivity index (χ4n) is 2.75. The summed E-state index contributed by atoms with van der Waals surface area (Å²) in [6.45, 7) is 2.39. The Bertz CT molecular complexity index is 1130. The summed E-state index contributed by atoms with van der Waals surface area (Å²) in [7, 11) is 1.89. The monoisotopic (exact) mass is 441 g/mol. The Labute approximate surface area is 183 Å². The maximum absolute atomic E-state index is 6.12. The normalized spacial score (nSPS) is 11.0. The molecule has 0 aliphatic carbocycles. The average Bonchev–Trinajstić information content (AvgIpc) is 3.38. The lowest BCUT2D eigenvalue weighted by Gasteiger charge is -2.07. The van der Waals surface area contributed by atoms with E-state index in [-0.39, 0.29) is 6.61 Å². The number of aromatic nitrogens is 5. The van der Waals surface area contributed by atoms with Gasteiger partial charge in [-0.3, -0.25) is 0 Å². The van der Waals surface area contributed by atoms with Gasteiger partial charge in [0, 0.05) is 12.6 Å². The molecule has 0 saturated heterocycles. The van der Waals surface area contributed by atoms with E-state index in [9.17, 15) is 0 Å². The van der Waals surface area contributed by atoms with Crippen molar-refractivity contribution in [2.24, 2.45) is 7.05 Å². The lowest BCUT2D eigenvalue weighted by molar-refractivity contribution is 0.290. The van der Waals surface area contributed by atoms with E-state index in [2.05, 4.69) is 39.4 Å². The van der Waals surface area contributed by atoms with E-state index in [4.69, 9.17) is 20.9 Å². The van der Waals surface area contributed by atoms with Crippen molar-refractivity contribution in [3.05, 3.63) is 70.8 Å². The van der Waals surface area contributed by atoms with Crippen LogP contribution in [0.5, 0.6) is 5.75 Å². The minimum atomic E-state index is 0.270. The van der Waals surface area contributed by atoms with Gasteiger partial charge in [0.25, 0.3) is 0 Å². The molecule has 0 spiro atoms. The topological polar surface area (TPSA) is 78.9 Å². The molecule has 7 nitrogen and oxygen atoms in total. The van der Waals surface area contributed by atoms with Crippen molar-refractivity contribution in [2.45, 2.75) is 30.9 Å². The van der Waals surface area contributed by atoms with Crippen molar-refractivity contribution in [3.8, 4) is 17.1 Å². The highest BCUT2D eigenvalue weighted by molar-refractivity contribution is 7.98. The van der Waals surface area contributed by atoms with E-state index in [0.717, 1.165) is 17.1 Å². The second kappa shape index (κ2) is 9.32. The Kier molecular flexibility index (Phi) is 6.35. The van der Waals surface area contributed by atoms with Crippen LogP contribution in [0, 0.1) is 0 Å². The molecule has 2 aromatic heterocycles. The lowest BCUT2D eigenvalue weighted by Crippen LogP contribution is -2.04. The van der Waals surface area contributed by atoms with Gasteiger partial charge >= 0.3 is 0 Å². The second-order valence-corrected chi connectivity index (χ2v) is 7.88. The van der Waals surface area contributed by atoms with Crippen molar-refractivity contribution in [3.63, 3.8) is 0 Å². The Morgan fingerprint density at radius 1 is 1.10 bits per heavy atom. The molecule has 0 unspecified atom stereocenters. The number of rotatable bonds is 8. The first-order chi connectivity index (χ1) is 14.6. The number of halogens is 1. The van der Waals surface area contributed by atoms with Crippen LogP contribution < -0.4 is 4.74 Å². The van der Waals surface area contributed by atoms with Crippen LogP contribution in [0.25, 0.3) is 11.4 Å². The average molecular weight is 442 g/mol. The Morgan fingerprint density at radius 2 is 1.90 bits per heavy atom. The van der Waals surface area contributed by atoms with Crippen LogP contribution in [0.1, 0.15) is 24.2 Å². The second-order valence-electron chi connectivity index (χ2n) is 6.53. The Balaban J connectivity index is 1.36.